The number of benzene rings is 3. The van der Waals surface area contributed by atoms with E-state index in [0.717, 1.165) is 11.3 Å². The quantitative estimate of drug-likeness (QED) is 0.385. The lowest BCUT2D eigenvalue weighted by Gasteiger charge is -2.11. The maximum absolute atomic E-state index is 12.6. The van der Waals surface area contributed by atoms with Gasteiger partial charge < -0.3 is 10.1 Å². The van der Waals surface area contributed by atoms with Crippen LogP contribution < -0.4 is 10.1 Å². The molecule has 0 radical (unpaired) electrons. The van der Waals surface area contributed by atoms with Gasteiger partial charge in [-0.3, -0.25) is 9.36 Å². The van der Waals surface area contributed by atoms with E-state index in [2.05, 4.69) is 15.5 Å². The van der Waals surface area contributed by atoms with E-state index in [1.807, 2.05) is 71.3 Å². The molecule has 0 aliphatic rings. The molecule has 0 fully saturated rings. The first kappa shape index (κ1) is 21.0. The van der Waals surface area contributed by atoms with Gasteiger partial charge in [-0.1, -0.05) is 65.8 Å². The van der Waals surface area contributed by atoms with Gasteiger partial charge in [-0.15, -0.1) is 10.2 Å². The van der Waals surface area contributed by atoms with Crippen molar-refractivity contribution in [2.45, 2.75) is 5.16 Å². The van der Waals surface area contributed by atoms with Crippen LogP contribution in [-0.2, 0) is 4.79 Å². The SMILES string of the molecule is COc1ccccc1NC(=O)CSc1nnc(-c2cccc(Cl)c2)n1-c1ccccc1. The van der Waals surface area contributed by atoms with E-state index in [-0.39, 0.29) is 11.7 Å². The summed E-state index contributed by atoms with van der Waals surface area (Å²) in [5.74, 6) is 1.26. The number of halogens is 1. The Bertz CT molecular complexity index is 1200. The molecule has 3 aromatic carbocycles. The molecular weight excluding hydrogens is 432 g/mol. The number of carbonyl (C=O) groups is 1. The third-order valence-corrected chi connectivity index (χ3v) is 5.61. The highest BCUT2D eigenvalue weighted by atomic mass is 35.5. The van der Waals surface area contributed by atoms with Crippen LogP contribution in [0.25, 0.3) is 17.1 Å². The van der Waals surface area contributed by atoms with Crippen LogP contribution in [0.1, 0.15) is 0 Å². The minimum atomic E-state index is -0.165. The maximum Gasteiger partial charge on any atom is 0.234 e. The molecule has 156 valence electrons. The minimum Gasteiger partial charge on any atom is -0.495 e. The summed E-state index contributed by atoms with van der Waals surface area (Å²) >= 11 is 7.48. The van der Waals surface area contributed by atoms with E-state index < -0.39 is 0 Å². The molecule has 4 aromatic rings. The maximum atomic E-state index is 12.6. The molecule has 0 atom stereocenters. The number of nitrogens with zero attached hydrogens (tertiary/aromatic N) is 3. The topological polar surface area (TPSA) is 69.0 Å². The Morgan fingerprint density at radius 1 is 1.03 bits per heavy atom. The average Bonchev–Trinajstić information content (AvgIpc) is 3.23. The highest BCUT2D eigenvalue weighted by molar-refractivity contribution is 7.99. The molecule has 1 amide bonds. The van der Waals surface area contributed by atoms with E-state index in [1.54, 1.807) is 19.2 Å². The van der Waals surface area contributed by atoms with E-state index >= 15 is 0 Å². The number of carbonyl (C=O) groups excluding carboxylic acids is 1. The zero-order valence-electron chi connectivity index (χ0n) is 16.7. The molecule has 4 rings (SSSR count). The predicted octanol–water partition coefficient (Wildman–Crippen LogP) is 5.33. The first-order chi connectivity index (χ1) is 15.2. The van der Waals surface area contributed by atoms with Crippen LogP contribution in [0.4, 0.5) is 5.69 Å². The normalized spacial score (nSPS) is 10.6. The molecular formula is C23H19ClN4O2S. The van der Waals surface area contributed by atoms with Gasteiger partial charge in [0.2, 0.25) is 5.91 Å². The van der Waals surface area contributed by atoms with Crippen molar-refractivity contribution in [3.63, 3.8) is 0 Å². The smallest absolute Gasteiger partial charge is 0.234 e. The Morgan fingerprint density at radius 2 is 1.81 bits per heavy atom. The molecule has 6 nitrogen and oxygen atoms in total. The summed E-state index contributed by atoms with van der Waals surface area (Å²) in [6.45, 7) is 0. The molecule has 0 bridgehead atoms. The van der Waals surface area contributed by atoms with Gasteiger partial charge in [0, 0.05) is 16.3 Å². The number of anilines is 1. The minimum absolute atomic E-state index is 0.165. The van der Waals surface area contributed by atoms with Crippen LogP contribution >= 0.6 is 23.4 Å². The Balaban J connectivity index is 1.59. The third kappa shape index (κ3) is 4.90. The zero-order chi connectivity index (χ0) is 21.6. The summed E-state index contributed by atoms with van der Waals surface area (Å²) in [6, 6.07) is 24.5. The molecule has 1 aromatic heterocycles. The fourth-order valence-corrected chi connectivity index (χ4v) is 3.99. The summed E-state index contributed by atoms with van der Waals surface area (Å²) in [7, 11) is 1.57. The highest BCUT2D eigenvalue weighted by Gasteiger charge is 2.18. The van der Waals surface area contributed by atoms with Crippen LogP contribution in [-0.4, -0.2) is 33.5 Å². The fourth-order valence-electron chi connectivity index (χ4n) is 3.05. The van der Waals surface area contributed by atoms with E-state index in [4.69, 9.17) is 16.3 Å². The predicted molar refractivity (Wildman–Crippen MR) is 124 cm³/mol. The Kier molecular flexibility index (Phi) is 6.54. The largest absolute Gasteiger partial charge is 0.495 e. The van der Waals surface area contributed by atoms with Crippen LogP contribution in [0.5, 0.6) is 5.75 Å². The van der Waals surface area contributed by atoms with Crippen molar-refractivity contribution in [3.05, 3.63) is 83.9 Å². The van der Waals surface area contributed by atoms with Gasteiger partial charge in [0.1, 0.15) is 5.75 Å². The molecule has 1 heterocycles. The molecule has 0 aliphatic heterocycles. The third-order valence-electron chi connectivity index (χ3n) is 4.44. The molecule has 1 N–H and O–H groups in total. The van der Waals surface area contributed by atoms with Crippen molar-refractivity contribution in [2.24, 2.45) is 0 Å². The number of rotatable bonds is 7. The second-order valence-corrected chi connectivity index (χ2v) is 7.90. The summed E-state index contributed by atoms with van der Waals surface area (Å²) in [4.78, 5) is 12.6. The molecule has 0 saturated heterocycles. The number of amides is 1. The van der Waals surface area contributed by atoms with Crippen molar-refractivity contribution in [3.8, 4) is 22.8 Å². The first-order valence-electron chi connectivity index (χ1n) is 9.48. The van der Waals surface area contributed by atoms with E-state index in [1.165, 1.54) is 11.8 Å². The van der Waals surface area contributed by atoms with Gasteiger partial charge >= 0.3 is 0 Å². The number of thioether (sulfide) groups is 1. The van der Waals surface area contributed by atoms with Crippen LogP contribution in [0.15, 0.2) is 84.0 Å². The standard InChI is InChI=1S/C23H19ClN4O2S/c1-30-20-13-6-5-12-19(20)25-21(29)15-31-23-27-26-22(16-8-7-9-17(24)14-16)28(23)18-10-3-2-4-11-18/h2-14H,15H2,1H3,(H,25,29). The lowest BCUT2D eigenvalue weighted by Crippen LogP contribution is -2.15. The summed E-state index contributed by atoms with van der Waals surface area (Å²) in [6.07, 6.45) is 0. The number of ether oxygens (including phenoxy) is 1. The highest BCUT2D eigenvalue weighted by Crippen LogP contribution is 2.29. The number of methoxy groups -OCH3 is 1. The average molecular weight is 451 g/mol. The van der Waals surface area contributed by atoms with Gasteiger partial charge in [-0.25, -0.2) is 0 Å². The Morgan fingerprint density at radius 3 is 2.58 bits per heavy atom. The first-order valence-corrected chi connectivity index (χ1v) is 10.8. The molecule has 0 spiro atoms. The summed E-state index contributed by atoms with van der Waals surface area (Å²) in [5, 5.41) is 12.8. The van der Waals surface area contributed by atoms with Crippen molar-refractivity contribution >= 4 is 35.0 Å². The number of hydrogen-bond donors (Lipinski definition) is 1. The van der Waals surface area contributed by atoms with Gasteiger partial charge in [-0.2, -0.15) is 0 Å². The lowest BCUT2D eigenvalue weighted by atomic mass is 10.2. The second-order valence-electron chi connectivity index (χ2n) is 6.52. The summed E-state index contributed by atoms with van der Waals surface area (Å²) in [5.41, 5.74) is 2.36. The van der Waals surface area contributed by atoms with Crippen molar-refractivity contribution < 1.29 is 9.53 Å². The lowest BCUT2D eigenvalue weighted by molar-refractivity contribution is -0.113. The monoisotopic (exact) mass is 450 g/mol. The van der Waals surface area contributed by atoms with Crippen LogP contribution in [0.2, 0.25) is 5.02 Å². The molecule has 31 heavy (non-hydrogen) atoms. The number of nitrogens with one attached hydrogen (secondary N) is 1. The number of para-hydroxylation sites is 3. The van der Waals surface area contributed by atoms with Gasteiger partial charge in [0.25, 0.3) is 0 Å². The number of hydrogen-bond acceptors (Lipinski definition) is 5. The Hall–Kier alpha value is -3.29. The van der Waals surface area contributed by atoms with Crippen LogP contribution in [0, 0.1) is 0 Å². The summed E-state index contributed by atoms with van der Waals surface area (Å²) < 4.78 is 7.21. The molecule has 0 aliphatic carbocycles. The zero-order valence-corrected chi connectivity index (χ0v) is 18.2. The molecule has 0 saturated carbocycles. The second kappa shape index (κ2) is 9.68. The van der Waals surface area contributed by atoms with Gasteiger partial charge in [-0.05, 0) is 36.4 Å². The van der Waals surface area contributed by atoms with E-state index in [9.17, 15) is 4.79 Å². The van der Waals surface area contributed by atoms with E-state index in [0.29, 0.717) is 27.4 Å². The van der Waals surface area contributed by atoms with Crippen molar-refractivity contribution in [1.82, 2.24) is 14.8 Å². The number of aromatic nitrogens is 3. The van der Waals surface area contributed by atoms with Gasteiger partial charge in [0.05, 0.1) is 18.6 Å². The van der Waals surface area contributed by atoms with Gasteiger partial charge in [0.15, 0.2) is 11.0 Å². The molecule has 0 unspecified atom stereocenters. The van der Waals surface area contributed by atoms with Crippen molar-refractivity contribution in [2.75, 3.05) is 18.2 Å². The molecule has 8 heteroatoms. The van der Waals surface area contributed by atoms with Crippen LogP contribution in [0.3, 0.4) is 0 Å². The fraction of sp³-hybridized carbons (Fsp3) is 0.0870. The Labute approximate surface area is 189 Å². The van der Waals surface area contributed by atoms with Crippen molar-refractivity contribution in [1.29, 1.82) is 0 Å².